The van der Waals surface area contributed by atoms with Crippen LogP contribution in [0.3, 0.4) is 0 Å². The lowest BCUT2D eigenvalue weighted by molar-refractivity contribution is 0.620. The highest BCUT2D eigenvalue weighted by atomic mass is 32.1. The van der Waals surface area contributed by atoms with Gasteiger partial charge < -0.3 is 9.32 Å². The normalized spacial score (nSPS) is 11.8. The van der Waals surface area contributed by atoms with Crippen LogP contribution in [0.4, 0.5) is 17.1 Å². The summed E-state index contributed by atoms with van der Waals surface area (Å²) in [5.74, 6) is 0.651. The van der Waals surface area contributed by atoms with E-state index >= 15 is 0 Å². The van der Waals surface area contributed by atoms with Crippen molar-refractivity contribution in [2.75, 3.05) is 4.90 Å². The fourth-order valence-electron chi connectivity index (χ4n) is 6.84. The van der Waals surface area contributed by atoms with Crippen molar-refractivity contribution in [3.63, 3.8) is 0 Å². The molecule has 3 aromatic heterocycles. The number of fused-ring (bicyclic) bond motifs is 7. The van der Waals surface area contributed by atoms with Gasteiger partial charge in [-0.15, -0.1) is 22.7 Å². The minimum Gasteiger partial charge on any atom is -0.436 e. The van der Waals surface area contributed by atoms with Crippen LogP contribution < -0.4 is 4.90 Å². The molecule has 0 radical (unpaired) electrons. The van der Waals surface area contributed by atoms with Crippen LogP contribution in [0.5, 0.6) is 0 Å². The lowest BCUT2D eigenvalue weighted by Gasteiger charge is -2.28. The van der Waals surface area contributed by atoms with E-state index in [1.54, 1.807) is 11.3 Å². The van der Waals surface area contributed by atoms with Gasteiger partial charge >= 0.3 is 0 Å². The molecule has 5 heteroatoms. The van der Waals surface area contributed by atoms with E-state index < -0.39 is 0 Å². The van der Waals surface area contributed by atoms with Gasteiger partial charge in [0.05, 0.1) is 5.69 Å². The van der Waals surface area contributed by atoms with Crippen LogP contribution in [0.15, 0.2) is 162 Å². The van der Waals surface area contributed by atoms with Crippen LogP contribution in [-0.2, 0) is 0 Å². The summed E-state index contributed by atoms with van der Waals surface area (Å²) < 4.78 is 11.2. The Hall–Kier alpha value is -5.75. The number of anilines is 3. The summed E-state index contributed by atoms with van der Waals surface area (Å²) in [7, 11) is 0. The maximum atomic E-state index is 6.24. The highest BCUT2D eigenvalue weighted by Crippen LogP contribution is 2.46. The summed E-state index contributed by atoms with van der Waals surface area (Å²) in [5, 5.41) is 5.03. The topological polar surface area (TPSA) is 29.3 Å². The Kier molecular flexibility index (Phi) is 6.22. The molecule has 10 rings (SSSR count). The molecule has 0 spiro atoms. The zero-order chi connectivity index (χ0) is 31.6. The second-order valence-electron chi connectivity index (χ2n) is 12.0. The lowest BCUT2D eigenvalue weighted by Crippen LogP contribution is -2.11. The molecule has 0 fully saturated rings. The molecule has 0 aliphatic rings. The smallest absolute Gasteiger partial charge is 0.227 e. The fourth-order valence-corrected chi connectivity index (χ4v) is 9.13. The van der Waals surface area contributed by atoms with Gasteiger partial charge in [-0.25, -0.2) is 4.98 Å². The van der Waals surface area contributed by atoms with Gasteiger partial charge in [0.15, 0.2) is 5.58 Å². The van der Waals surface area contributed by atoms with Gasteiger partial charge in [-0.1, -0.05) is 97.1 Å². The van der Waals surface area contributed by atoms with Crippen LogP contribution in [-0.4, -0.2) is 4.98 Å². The van der Waals surface area contributed by atoms with Crippen LogP contribution in [0, 0.1) is 0 Å². The van der Waals surface area contributed by atoms with Gasteiger partial charge in [-0.2, -0.15) is 0 Å². The molecule has 0 saturated carbocycles. The SMILES string of the molecule is c1ccc(-c2nc3cc4c(cc3o2)sc2cc(N(c3ccc5c(c3)sc3ccccc35)c3ccccc3-c3ccccc3)ccc24)cc1. The summed E-state index contributed by atoms with van der Waals surface area (Å²) in [4.78, 5) is 7.27. The highest BCUT2D eigenvalue weighted by molar-refractivity contribution is 7.26. The van der Waals surface area contributed by atoms with Crippen molar-refractivity contribution in [3.8, 4) is 22.6 Å². The predicted octanol–water partition coefficient (Wildman–Crippen LogP) is 13.4. The summed E-state index contributed by atoms with van der Waals surface area (Å²) in [5.41, 5.74) is 8.43. The van der Waals surface area contributed by atoms with E-state index in [2.05, 4.69) is 132 Å². The fraction of sp³-hybridized carbons (Fsp3) is 0. The molecule has 0 aliphatic heterocycles. The maximum Gasteiger partial charge on any atom is 0.227 e. The summed E-state index contributed by atoms with van der Waals surface area (Å²) >= 11 is 3.65. The Morgan fingerprint density at radius 2 is 1.04 bits per heavy atom. The zero-order valence-corrected chi connectivity index (χ0v) is 27.3. The van der Waals surface area contributed by atoms with Gasteiger partial charge in [0.2, 0.25) is 5.89 Å². The molecule has 3 heterocycles. The average Bonchev–Trinajstić information content (AvgIpc) is 3.84. The van der Waals surface area contributed by atoms with Crippen molar-refractivity contribution in [2.24, 2.45) is 0 Å². The van der Waals surface area contributed by atoms with Gasteiger partial charge in [0.1, 0.15) is 5.52 Å². The Labute approximate surface area is 284 Å². The van der Waals surface area contributed by atoms with Gasteiger partial charge in [0.25, 0.3) is 0 Å². The predicted molar refractivity (Wildman–Crippen MR) is 205 cm³/mol. The second-order valence-corrected chi connectivity index (χ2v) is 14.1. The van der Waals surface area contributed by atoms with E-state index in [9.17, 15) is 0 Å². The Balaban J connectivity index is 1.16. The third kappa shape index (κ3) is 4.43. The first kappa shape index (κ1) is 27.4. The maximum absolute atomic E-state index is 6.24. The first-order valence-electron chi connectivity index (χ1n) is 15.9. The number of thiophene rings is 2. The minimum atomic E-state index is 0.651. The van der Waals surface area contributed by atoms with Crippen molar-refractivity contribution >= 4 is 91.2 Å². The van der Waals surface area contributed by atoms with Crippen molar-refractivity contribution in [1.82, 2.24) is 4.98 Å². The lowest BCUT2D eigenvalue weighted by atomic mass is 10.0. The van der Waals surface area contributed by atoms with E-state index in [4.69, 9.17) is 9.40 Å². The summed E-state index contributed by atoms with van der Waals surface area (Å²) in [6, 6.07) is 56.2. The van der Waals surface area contributed by atoms with Crippen LogP contribution in [0.1, 0.15) is 0 Å². The standard InChI is InChI=1S/C43H26N2OS2/c1-3-11-27(12-4-1)31-15-7-9-17-37(31)45(29-19-21-33-32-16-8-10-18-39(32)47-40(33)23-29)30-20-22-34-35-25-36-38(26-42(35)48-41(34)24-30)46-43(44-36)28-13-5-2-6-14-28/h1-26H. The molecule has 226 valence electrons. The van der Waals surface area contributed by atoms with Crippen LogP contribution >= 0.6 is 22.7 Å². The molecule has 0 N–H and O–H groups in total. The molecule has 10 aromatic rings. The van der Waals surface area contributed by atoms with E-state index in [1.807, 2.05) is 41.7 Å². The molecule has 0 atom stereocenters. The Morgan fingerprint density at radius 3 is 1.81 bits per heavy atom. The van der Waals surface area contributed by atoms with Crippen LogP contribution in [0.2, 0.25) is 0 Å². The van der Waals surface area contributed by atoms with Crippen molar-refractivity contribution in [2.45, 2.75) is 0 Å². The molecule has 3 nitrogen and oxygen atoms in total. The minimum absolute atomic E-state index is 0.651. The number of oxazole rings is 1. The second kappa shape index (κ2) is 10.9. The molecular weight excluding hydrogens is 625 g/mol. The number of hydrogen-bond donors (Lipinski definition) is 0. The first-order valence-corrected chi connectivity index (χ1v) is 17.6. The number of nitrogens with zero attached hydrogens (tertiary/aromatic N) is 2. The van der Waals surface area contributed by atoms with Gasteiger partial charge in [0, 0.05) is 68.9 Å². The van der Waals surface area contributed by atoms with E-state index in [0.29, 0.717) is 5.89 Å². The molecule has 0 saturated heterocycles. The van der Waals surface area contributed by atoms with Crippen molar-refractivity contribution in [3.05, 3.63) is 158 Å². The van der Waals surface area contributed by atoms with Crippen molar-refractivity contribution < 1.29 is 4.42 Å². The van der Waals surface area contributed by atoms with Crippen LogP contribution in [0.25, 0.3) is 74.0 Å². The third-order valence-corrected chi connectivity index (χ3v) is 11.3. The average molecular weight is 651 g/mol. The number of para-hydroxylation sites is 1. The molecule has 7 aromatic carbocycles. The molecule has 0 unspecified atom stereocenters. The number of hydrogen-bond acceptors (Lipinski definition) is 5. The monoisotopic (exact) mass is 650 g/mol. The molecule has 0 aliphatic carbocycles. The largest absolute Gasteiger partial charge is 0.436 e. The molecule has 48 heavy (non-hydrogen) atoms. The number of benzene rings is 7. The third-order valence-electron chi connectivity index (χ3n) is 9.09. The zero-order valence-electron chi connectivity index (χ0n) is 25.6. The quantitative estimate of drug-likeness (QED) is 0.186. The van der Waals surface area contributed by atoms with Crippen molar-refractivity contribution in [1.29, 1.82) is 0 Å². The summed E-state index contributed by atoms with van der Waals surface area (Å²) in [6.07, 6.45) is 0. The Bertz CT molecular complexity index is 2790. The number of aromatic nitrogens is 1. The Morgan fingerprint density at radius 1 is 0.458 bits per heavy atom. The molecular formula is C43H26N2OS2. The van der Waals surface area contributed by atoms with Gasteiger partial charge in [-0.05, 0) is 60.2 Å². The first-order chi connectivity index (χ1) is 23.8. The number of rotatable bonds is 5. The van der Waals surface area contributed by atoms with Gasteiger partial charge in [-0.3, -0.25) is 0 Å². The van der Waals surface area contributed by atoms with E-state index in [1.165, 1.54) is 51.5 Å². The van der Waals surface area contributed by atoms with E-state index in [-0.39, 0.29) is 0 Å². The molecule has 0 bridgehead atoms. The van der Waals surface area contributed by atoms with E-state index in [0.717, 1.165) is 33.7 Å². The summed E-state index contributed by atoms with van der Waals surface area (Å²) in [6.45, 7) is 0. The molecule has 0 amide bonds. The highest BCUT2D eigenvalue weighted by Gasteiger charge is 2.20.